The van der Waals surface area contributed by atoms with Crippen LogP contribution >= 0.6 is 8.03 Å². The van der Waals surface area contributed by atoms with Crippen molar-refractivity contribution in [3.05, 3.63) is 0 Å². The number of nitrogens with one attached hydrogen (secondary N) is 1. The first-order chi connectivity index (χ1) is 8.84. The summed E-state index contributed by atoms with van der Waals surface area (Å²) in [5.41, 5.74) is 0. The van der Waals surface area contributed by atoms with Gasteiger partial charge in [0.2, 0.25) is 13.9 Å². The Balaban J connectivity index is 5.25. The Kier molecular flexibility index (Phi) is 8.02. The van der Waals surface area contributed by atoms with Crippen LogP contribution in [0, 0.1) is 5.92 Å². The van der Waals surface area contributed by atoms with E-state index >= 15 is 0 Å². The van der Waals surface area contributed by atoms with Crippen LogP contribution in [-0.4, -0.2) is 41.7 Å². The number of esters is 2. The van der Waals surface area contributed by atoms with Crippen molar-refractivity contribution < 1.29 is 33.3 Å². The predicted octanol–water partition coefficient (Wildman–Crippen LogP) is -0.342. The molecule has 0 fully saturated rings. The molecule has 2 unspecified atom stereocenters. The molecule has 9 heteroatoms. The molecule has 0 aromatic rings. The Morgan fingerprint density at radius 1 is 1.16 bits per heavy atom. The van der Waals surface area contributed by atoms with Gasteiger partial charge in [-0.1, -0.05) is 0 Å². The largest absolute Gasteiger partial charge is 0.465 e. The summed E-state index contributed by atoms with van der Waals surface area (Å²) in [5.74, 6) is -5.85. The third kappa shape index (κ3) is 5.85. The lowest BCUT2D eigenvalue weighted by Crippen LogP contribution is -2.45. The maximum absolute atomic E-state index is 11.7. The summed E-state index contributed by atoms with van der Waals surface area (Å²) in [5, 5.41) is 2.10. The molecule has 0 radical (unpaired) electrons. The molecule has 0 aliphatic rings. The molecule has 0 rings (SSSR count). The van der Waals surface area contributed by atoms with Crippen molar-refractivity contribution in [3.63, 3.8) is 0 Å². The van der Waals surface area contributed by atoms with E-state index in [2.05, 4.69) is 14.8 Å². The number of hydrogen-bond acceptors (Lipinski definition) is 6. The molecule has 19 heavy (non-hydrogen) atoms. The molecule has 0 aromatic carbocycles. The Bertz CT molecular complexity index is 353. The van der Waals surface area contributed by atoms with Gasteiger partial charge in [0, 0.05) is 6.92 Å². The lowest BCUT2D eigenvalue weighted by atomic mass is 10.1. The van der Waals surface area contributed by atoms with Crippen molar-refractivity contribution in [1.82, 2.24) is 5.32 Å². The fourth-order valence-electron chi connectivity index (χ4n) is 1.34. The molecule has 0 spiro atoms. The van der Waals surface area contributed by atoms with E-state index in [0.29, 0.717) is 0 Å². The van der Waals surface area contributed by atoms with Crippen LogP contribution in [0.5, 0.6) is 0 Å². The quantitative estimate of drug-likeness (QED) is 0.374. The molecule has 0 bridgehead atoms. The summed E-state index contributed by atoms with van der Waals surface area (Å²) in [6.45, 7) is 4.14. The van der Waals surface area contributed by atoms with Crippen molar-refractivity contribution in [2.75, 3.05) is 13.2 Å². The number of carbonyl (C=O) groups excluding carboxylic acids is 3. The Hall–Kier alpha value is -1.40. The zero-order chi connectivity index (χ0) is 15.0. The molecule has 0 aromatic heterocycles. The number of ether oxygens (including phenoxy) is 2. The monoisotopic (exact) mass is 295 g/mol. The van der Waals surface area contributed by atoms with E-state index in [4.69, 9.17) is 0 Å². The van der Waals surface area contributed by atoms with Crippen molar-refractivity contribution in [1.29, 1.82) is 0 Å². The number of rotatable bonds is 7. The molecule has 0 saturated carbocycles. The minimum absolute atomic E-state index is 0.00606. The molecule has 0 aliphatic heterocycles. The Morgan fingerprint density at radius 3 is 1.84 bits per heavy atom. The highest BCUT2D eigenvalue weighted by molar-refractivity contribution is 7.39. The zero-order valence-corrected chi connectivity index (χ0v) is 12.0. The number of amides is 1. The molecule has 2 N–H and O–H groups in total. The summed E-state index contributed by atoms with van der Waals surface area (Å²) in [7, 11) is -3.38. The van der Waals surface area contributed by atoms with Crippen molar-refractivity contribution in [2.45, 2.75) is 26.6 Å². The van der Waals surface area contributed by atoms with Gasteiger partial charge in [0.1, 0.15) is 5.78 Å². The molecule has 0 heterocycles. The first kappa shape index (κ1) is 17.6. The lowest BCUT2D eigenvalue weighted by Gasteiger charge is -2.22. The Morgan fingerprint density at radius 2 is 1.58 bits per heavy atom. The second-order valence-corrected chi connectivity index (χ2v) is 4.80. The van der Waals surface area contributed by atoms with Gasteiger partial charge in [0.25, 0.3) is 0 Å². The van der Waals surface area contributed by atoms with E-state index in [1.54, 1.807) is 0 Å². The molecule has 2 atom stereocenters. The number of hydrogen-bond donors (Lipinski definition) is 2. The SMILES string of the molecule is CCOC(=O)C(C(=O)OCC)C(NC(C)=O)[PH](=O)O. The highest BCUT2D eigenvalue weighted by Crippen LogP contribution is 2.28. The fourth-order valence-corrected chi connectivity index (χ4v) is 2.22. The van der Waals surface area contributed by atoms with Crippen LogP contribution in [0.3, 0.4) is 0 Å². The minimum atomic E-state index is -3.38. The number of carbonyl (C=O) groups is 3. The van der Waals surface area contributed by atoms with Crippen molar-refractivity contribution >= 4 is 25.9 Å². The predicted molar refractivity (Wildman–Crippen MR) is 65.6 cm³/mol. The first-order valence-corrected chi connectivity index (χ1v) is 7.11. The normalized spacial score (nSPS) is 13.5. The summed E-state index contributed by atoms with van der Waals surface area (Å²) in [6.07, 6.45) is 0. The standard InChI is InChI=1S/C10H18NO7P/c1-4-17-9(13)7(10(14)18-5-2)8(19(15)16)11-6(3)12/h7-8,19H,4-5H2,1-3H3,(H,11,12)(H,15,16). The molecule has 8 nitrogen and oxygen atoms in total. The average molecular weight is 295 g/mol. The van der Waals surface area contributed by atoms with Crippen LogP contribution in [0.2, 0.25) is 0 Å². The molecular formula is C10H18NO7P. The van der Waals surface area contributed by atoms with Gasteiger partial charge in [-0.25, -0.2) is 0 Å². The van der Waals surface area contributed by atoms with Gasteiger partial charge in [0.05, 0.1) is 13.2 Å². The van der Waals surface area contributed by atoms with Gasteiger partial charge in [0.15, 0.2) is 5.92 Å². The second kappa shape index (κ2) is 8.66. The summed E-state index contributed by atoms with van der Waals surface area (Å²) < 4.78 is 20.6. The third-order valence-electron chi connectivity index (χ3n) is 2.04. The summed E-state index contributed by atoms with van der Waals surface area (Å²) >= 11 is 0. The van der Waals surface area contributed by atoms with E-state index < -0.39 is 37.6 Å². The van der Waals surface area contributed by atoms with Gasteiger partial charge >= 0.3 is 11.9 Å². The van der Waals surface area contributed by atoms with Gasteiger partial charge in [-0.15, -0.1) is 0 Å². The smallest absolute Gasteiger partial charge is 0.323 e. The van der Waals surface area contributed by atoms with Crippen LogP contribution in [0.4, 0.5) is 0 Å². The highest BCUT2D eigenvalue weighted by Gasteiger charge is 2.41. The summed E-state index contributed by atoms with van der Waals surface area (Å²) in [6, 6.07) is 0. The zero-order valence-electron chi connectivity index (χ0n) is 11.0. The topological polar surface area (TPSA) is 119 Å². The van der Waals surface area contributed by atoms with E-state index in [1.807, 2.05) is 0 Å². The average Bonchev–Trinajstić information content (AvgIpc) is 2.28. The van der Waals surface area contributed by atoms with Crippen LogP contribution in [0.15, 0.2) is 0 Å². The van der Waals surface area contributed by atoms with Gasteiger partial charge in [-0.3, -0.25) is 18.9 Å². The maximum atomic E-state index is 11.7. The van der Waals surface area contributed by atoms with Crippen molar-refractivity contribution in [2.24, 2.45) is 5.92 Å². The van der Waals surface area contributed by atoms with Crippen LogP contribution in [0.1, 0.15) is 20.8 Å². The van der Waals surface area contributed by atoms with E-state index in [9.17, 15) is 23.8 Å². The maximum Gasteiger partial charge on any atom is 0.323 e. The molecule has 0 saturated heterocycles. The van der Waals surface area contributed by atoms with E-state index in [1.165, 1.54) is 13.8 Å². The minimum Gasteiger partial charge on any atom is -0.465 e. The van der Waals surface area contributed by atoms with E-state index in [-0.39, 0.29) is 13.2 Å². The molecule has 110 valence electrons. The van der Waals surface area contributed by atoms with Crippen LogP contribution < -0.4 is 5.32 Å². The molecular weight excluding hydrogens is 277 g/mol. The lowest BCUT2D eigenvalue weighted by molar-refractivity contribution is -0.162. The van der Waals surface area contributed by atoms with E-state index in [0.717, 1.165) is 6.92 Å². The first-order valence-electron chi connectivity index (χ1n) is 5.68. The van der Waals surface area contributed by atoms with Gasteiger partial charge < -0.3 is 19.7 Å². The van der Waals surface area contributed by atoms with Crippen LogP contribution in [0.25, 0.3) is 0 Å². The molecule has 0 aliphatic carbocycles. The van der Waals surface area contributed by atoms with Crippen molar-refractivity contribution in [3.8, 4) is 0 Å². The second-order valence-electron chi connectivity index (χ2n) is 3.50. The van der Waals surface area contributed by atoms with Gasteiger partial charge in [-0.2, -0.15) is 0 Å². The third-order valence-corrected chi connectivity index (χ3v) is 3.05. The van der Waals surface area contributed by atoms with Crippen LogP contribution in [-0.2, 0) is 28.4 Å². The summed E-state index contributed by atoms with van der Waals surface area (Å²) in [4.78, 5) is 43.5. The fraction of sp³-hybridized carbons (Fsp3) is 0.700. The molecule has 1 amide bonds. The Labute approximate surface area is 111 Å². The highest BCUT2D eigenvalue weighted by atomic mass is 31.1. The van der Waals surface area contributed by atoms with Gasteiger partial charge in [-0.05, 0) is 13.8 Å².